The van der Waals surface area contributed by atoms with E-state index in [9.17, 15) is 13.6 Å². The summed E-state index contributed by atoms with van der Waals surface area (Å²) in [7, 11) is 3.37. The van der Waals surface area contributed by atoms with Gasteiger partial charge in [-0.05, 0) is 24.3 Å². The van der Waals surface area contributed by atoms with Crippen LogP contribution in [0.3, 0.4) is 0 Å². The molecule has 0 aliphatic rings. The molecule has 0 aliphatic carbocycles. The Labute approximate surface area is 165 Å². The Morgan fingerprint density at radius 2 is 1.96 bits per heavy atom. The van der Waals surface area contributed by atoms with Crippen LogP contribution >= 0.6 is 11.6 Å². The lowest BCUT2D eigenvalue weighted by Gasteiger charge is -2.11. The molecule has 0 aliphatic heterocycles. The fourth-order valence-electron chi connectivity index (χ4n) is 2.59. The predicted octanol–water partition coefficient (Wildman–Crippen LogP) is 4.10. The normalized spacial score (nSPS) is 10.8. The molecule has 146 valence electrons. The van der Waals surface area contributed by atoms with Gasteiger partial charge >= 0.3 is 0 Å². The molecule has 0 spiro atoms. The van der Waals surface area contributed by atoms with Crippen LogP contribution in [0.25, 0.3) is 11.3 Å². The number of nitrogens with zero attached hydrogens (tertiary/aromatic N) is 4. The monoisotopic (exact) mass is 405 g/mol. The van der Waals surface area contributed by atoms with Crippen molar-refractivity contribution in [3.8, 4) is 11.3 Å². The Morgan fingerprint density at radius 3 is 2.64 bits per heavy atom. The van der Waals surface area contributed by atoms with Crippen molar-refractivity contribution in [3.05, 3.63) is 59.4 Å². The molecule has 0 radical (unpaired) electrons. The van der Waals surface area contributed by atoms with Gasteiger partial charge < -0.3 is 10.2 Å². The van der Waals surface area contributed by atoms with E-state index in [1.165, 1.54) is 11.0 Å². The first-order valence-electron chi connectivity index (χ1n) is 8.45. The number of pyridine rings is 1. The van der Waals surface area contributed by atoms with E-state index < -0.39 is 11.6 Å². The van der Waals surface area contributed by atoms with Gasteiger partial charge in [0.1, 0.15) is 5.15 Å². The van der Waals surface area contributed by atoms with Crippen molar-refractivity contribution in [2.24, 2.45) is 0 Å². The second-order valence-corrected chi connectivity index (χ2v) is 6.68. The van der Waals surface area contributed by atoms with Gasteiger partial charge in [-0.2, -0.15) is 5.10 Å². The van der Waals surface area contributed by atoms with Crippen LogP contribution in [-0.2, 0) is 11.3 Å². The van der Waals surface area contributed by atoms with E-state index in [2.05, 4.69) is 15.4 Å². The molecule has 2 aromatic heterocycles. The van der Waals surface area contributed by atoms with Crippen molar-refractivity contribution in [2.75, 3.05) is 19.4 Å². The van der Waals surface area contributed by atoms with E-state index in [1.54, 1.807) is 43.2 Å². The minimum absolute atomic E-state index is 0.0377. The van der Waals surface area contributed by atoms with E-state index in [0.29, 0.717) is 28.9 Å². The van der Waals surface area contributed by atoms with E-state index >= 15 is 0 Å². The predicted molar refractivity (Wildman–Crippen MR) is 103 cm³/mol. The molecule has 1 N–H and O–H groups in total. The number of anilines is 2. The highest BCUT2D eigenvalue weighted by molar-refractivity contribution is 6.29. The van der Waals surface area contributed by atoms with Crippen molar-refractivity contribution in [1.82, 2.24) is 19.7 Å². The summed E-state index contributed by atoms with van der Waals surface area (Å²) in [5.41, 5.74) is 1.83. The molecule has 0 unspecified atom stereocenters. The number of nitrogens with one attached hydrogen (secondary N) is 1. The zero-order valence-electron chi connectivity index (χ0n) is 15.3. The Kier molecular flexibility index (Phi) is 5.89. The van der Waals surface area contributed by atoms with Crippen LogP contribution in [-0.4, -0.2) is 39.7 Å². The van der Waals surface area contributed by atoms with E-state index in [0.717, 1.165) is 17.7 Å². The molecule has 2 heterocycles. The maximum absolute atomic E-state index is 13.5. The van der Waals surface area contributed by atoms with Crippen LogP contribution < -0.4 is 5.32 Å². The molecule has 0 atom stereocenters. The summed E-state index contributed by atoms with van der Waals surface area (Å²) in [6.45, 7) is 0.339. The standard InChI is InChI=1S/C19H18ClF2N5O/c1-26(2)19(28)6-8-27-16(12-5-7-23-17(20)9-12)11-18(25-27)24-13-3-4-14(21)15(22)10-13/h3-5,7,9-11H,6,8H2,1-2H3,(H,24,25). The lowest BCUT2D eigenvalue weighted by molar-refractivity contribution is -0.128. The molecule has 1 aromatic carbocycles. The van der Waals surface area contributed by atoms with Gasteiger partial charge in [-0.25, -0.2) is 13.8 Å². The van der Waals surface area contributed by atoms with E-state index in [1.807, 2.05) is 0 Å². The molecular weight excluding hydrogens is 388 g/mol. The summed E-state index contributed by atoms with van der Waals surface area (Å²) in [6, 6.07) is 8.70. The lowest BCUT2D eigenvalue weighted by Crippen LogP contribution is -2.23. The average molecular weight is 406 g/mol. The van der Waals surface area contributed by atoms with Crippen molar-refractivity contribution in [2.45, 2.75) is 13.0 Å². The second kappa shape index (κ2) is 8.35. The third-order valence-corrected chi connectivity index (χ3v) is 4.24. The molecule has 0 saturated heterocycles. The van der Waals surface area contributed by atoms with Crippen molar-refractivity contribution < 1.29 is 13.6 Å². The van der Waals surface area contributed by atoms with Crippen molar-refractivity contribution >= 4 is 29.0 Å². The fourth-order valence-corrected chi connectivity index (χ4v) is 2.76. The third-order valence-electron chi connectivity index (χ3n) is 4.03. The number of rotatable bonds is 6. The van der Waals surface area contributed by atoms with Gasteiger partial charge in [0.05, 0.1) is 12.2 Å². The number of aryl methyl sites for hydroxylation is 1. The Bertz CT molecular complexity index is 1010. The summed E-state index contributed by atoms with van der Waals surface area (Å²) in [4.78, 5) is 17.4. The molecule has 28 heavy (non-hydrogen) atoms. The highest BCUT2D eigenvalue weighted by atomic mass is 35.5. The van der Waals surface area contributed by atoms with Crippen LogP contribution in [0.4, 0.5) is 20.3 Å². The first-order valence-corrected chi connectivity index (χ1v) is 8.83. The number of amides is 1. The van der Waals surface area contributed by atoms with Crippen molar-refractivity contribution in [1.29, 1.82) is 0 Å². The van der Waals surface area contributed by atoms with Gasteiger partial charge in [-0.15, -0.1) is 0 Å². The highest BCUT2D eigenvalue weighted by Crippen LogP contribution is 2.27. The van der Waals surface area contributed by atoms with Crippen LogP contribution in [0.15, 0.2) is 42.6 Å². The molecule has 3 aromatic rings. The van der Waals surface area contributed by atoms with Gasteiger partial charge in [0.25, 0.3) is 0 Å². The fraction of sp³-hybridized carbons (Fsp3) is 0.211. The van der Waals surface area contributed by atoms with E-state index in [-0.39, 0.29) is 12.3 Å². The number of hydrogen-bond acceptors (Lipinski definition) is 4. The van der Waals surface area contributed by atoms with E-state index in [4.69, 9.17) is 11.6 Å². The minimum atomic E-state index is -0.956. The zero-order valence-corrected chi connectivity index (χ0v) is 16.0. The Hall–Kier alpha value is -3.00. The molecule has 6 nitrogen and oxygen atoms in total. The average Bonchev–Trinajstić information content (AvgIpc) is 3.05. The SMILES string of the molecule is CN(C)C(=O)CCn1nc(Nc2ccc(F)c(F)c2)cc1-c1ccnc(Cl)c1. The first-order chi connectivity index (χ1) is 13.3. The maximum atomic E-state index is 13.5. The Morgan fingerprint density at radius 1 is 1.18 bits per heavy atom. The summed E-state index contributed by atoms with van der Waals surface area (Å²) in [6.07, 6.45) is 1.83. The molecule has 0 fully saturated rings. The van der Waals surface area contributed by atoms with Gasteiger partial charge in [0, 0.05) is 50.1 Å². The summed E-state index contributed by atoms with van der Waals surface area (Å²) in [5.74, 6) is -1.50. The van der Waals surface area contributed by atoms with Crippen LogP contribution in [0.2, 0.25) is 5.15 Å². The number of hydrogen-bond donors (Lipinski definition) is 1. The lowest BCUT2D eigenvalue weighted by atomic mass is 10.2. The number of carbonyl (C=O) groups is 1. The molecule has 3 rings (SSSR count). The van der Waals surface area contributed by atoms with Crippen molar-refractivity contribution in [3.63, 3.8) is 0 Å². The number of halogens is 3. The van der Waals surface area contributed by atoms with Crippen LogP contribution in [0.5, 0.6) is 0 Å². The molecule has 0 bridgehead atoms. The van der Waals surface area contributed by atoms with Crippen LogP contribution in [0, 0.1) is 11.6 Å². The molecular formula is C19H18ClF2N5O. The molecule has 9 heteroatoms. The van der Waals surface area contributed by atoms with Gasteiger partial charge in [-0.1, -0.05) is 11.6 Å². The number of carbonyl (C=O) groups excluding carboxylic acids is 1. The number of aromatic nitrogens is 3. The number of benzene rings is 1. The molecule has 0 saturated carbocycles. The molecule has 1 amide bonds. The highest BCUT2D eigenvalue weighted by Gasteiger charge is 2.14. The summed E-state index contributed by atoms with van der Waals surface area (Å²) < 4.78 is 28.2. The topological polar surface area (TPSA) is 63.1 Å². The summed E-state index contributed by atoms with van der Waals surface area (Å²) >= 11 is 5.99. The smallest absolute Gasteiger partial charge is 0.223 e. The van der Waals surface area contributed by atoms with Crippen LogP contribution in [0.1, 0.15) is 6.42 Å². The Balaban J connectivity index is 1.92. The van der Waals surface area contributed by atoms with Gasteiger partial charge in [-0.3, -0.25) is 9.48 Å². The second-order valence-electron chi connectivity index (χ2n) is 6.30. The first kappa shape index (κ1) is 19.8. The van der Waals surface area contributed by atoms with Gasteiger partial charge in [0.15, 0.2) is 17.5 Å². The summed E-state index contributed by atoms with van der Waals surface area (Å²) in [5, 5.41) is 7.72. The third kappa shape index (κ3) is 4.64. The zero-order chi connectivity index (χ0) is 20.3. The quantitative estimate of drug-likeness (QED) is 0.627. The minimum Gasteiger partial charge on any atom is -0.349 e. The maximum Gasteiger partial charge on any atom is 0.223 e. The van der Waals surface area contributed by atoms with Gasteiger partial charge in [0.2, 0.25) is 5.91 Å². The largest absolute Gasteiger partial charge is 0.349 e.